The van der Waals surface area contributed by atoms with Crippen LogP contribution in [0.1, 0.15) is 44.2 Å². The highest BCUT2D eigenvalue weighted by molar-refractivity contribution is 7.47. The molecule has 0 saturated carbocycles. The van der Waals surface area contributed by atoms with E-state index in [9.17, 15) is 19.4 Å². The molecule has 8 nitrogen and oxygen atoms in total. The van der Waals surface area contributed by atoms with E-state index in [0.717, 1.165) is 46.0 Å². The number of hydrogen-bond donors (Lipinski definition) is 3. The smallest absolute Gasteiger partial charge is 0.396 e. The normalized spacial score (nSPS) is 13.1. The summed E-state index contributed by atoms with van der Waals surface area (Å²) in [7, 11) is -4.00. The molecule has 0 radical (unpaired) electrons. The van der Waals surface area contributed by atoms with Gasteiger partial charge >= 0.3 is 7.82 Å². The van der Waals surface area contributed by atoms with Crippen LogP contribution < -0.4 is 5.32 Å². The second-order valence-electron chi connectivity index (χ2n) is 8.85. The van der Waals surface area contributed by atoms with Crippen molar-refractivity contribution in [1.82, 2.24) is 10.3 Å². The maximum Gasteiger partial charge on any atom is 0.472 e. The van der Waals surface area contributed by atoms with Crippen molar-refractivity contribution in [3.8, 4) is 11.1 Å². The Morgan fingerprint density at radius 2 is 1.83 bits per heavy atom. The standard InChI is InChI=1S/C27H35N2O6P/c1-20(2)35-36(32,33)34-17-8-4-7-15-28-25(31)18-23-19-29-27-22(14-16-30)12-9-13-24(27)26(23)21-10-5-3-6-11-21/h3,5-6,9-13,19-20,30H,4,7-8,14-18H2,1-2H3,(H,28,31)(H,32,33). The predicted molar refractivity (Wildman–Crippen MR) is 141 cm³/mol. The highest BCUT2D eigenvalue weighted by Crippen LogP contribution is 2.44. The lowest BCUT2D eigenvalue weighted by Gasteiger charge is -2.15. The van der Waals surface area contributed by atoms with Crippen LogP contribution in [-0.2, 0) is 31.2 Å². The number of hydrogen-bond acceptors (Lipinski definition) is 6. The van der Waals surface area contributed by atoms with Crippen molar-refractivity contribution in [2.24, 2.45) is 0 Å². The minimum atomic E-state index is -4.00. The molecule has 1 heterocycles. The number of aliphatic hydroxyl groups excluding tert-OH is 1. The number of nitrogens with one attached hydrogen (secondary N) is 1. The number of phosphoric ester groups is 1. The zero-order chi connectivity index (χ0) is 26.0. The highest BCUT2D eigenvalue weighted by atomic mass is 31.2. The number of benzene rings is 2. The Bertz CT molecular complexity index is 1190. The summed E-state index contributed by atoms with van der Waals surface area (Å²) in [6, 6.07) is 15.9. The predicted octanol–water partition coefficient (Wildman–Crippen LogP) is 4.81. The Morgan fingerprint density at radius 3 is 2.56 bits per heavy atom. The van der Waals surface area contributed by atoms with Crippen LogP contribution in [0.4, 0.5) is 0 Å². The number of unbranched alkanes of at least 4 members (excludes halogenated alkanes) is 2. The zero-order valence-corrected chi connectivity index (χ0v) is 21.7. The number of aliphatic hydroxyl groups is 1. The molecule has 0 aliphatic carbocycles. The second-order valence-corrected chi connectivity index (χ2v) is 10.3. The van der Waals surface area contributed by atoms with Gasteiger partial charge in [0.25, 0.3) is 0 Å². The lowest BCUT2D eigenvalue weighted by Crippen LogP contribution is -2.26. The van der Waals surface area contributed by atoms with Crippen LogP contribution in [0.3, 0.4) is 0 Å². The van der Waals surface area contributed by atoms with E-state index in [-0.39, 0.29) is 31.6 Å². The third-order valence-corrected chi connectivity index (χ3v) is 6.79. The number of para-hydroxylation sites is 1. The number of pyridine rings is 1. The Hall–Kier alpha value is -2.61. The fraction of sp³-hybridized carbons (Fsp3) is 0.407. The van der Waals surface area contributed by atoms with E-state index in [1.807, 2.05) is 48.5 Å². The van der Waals surface area contributed by atoms with Crippen molar-refractivity contribution in [3.63, 3.8) is 0 Å². The largest absolute Gasteiger partial charge is 0.472 e. The van der Waals surface area contributed by atoms with Gasteiger partial charge in [-0.2, -0.15) is 0 Å². The van der Waals surface area contributed by atoms with Gasteiger partial charge in [0, 0.05) is 24.7 Å². The maximum absolute atomic E-state index is 12.7. The zero-order valence-electron chi connectivity index (χ0n) is 20.9. The molecule has 194 valence electrons. The summed E-state index contributed by atoms with van der Waals surface area (Å²) in [5.41, 5.74) is 4.63. The van der Waals surface area contributed by atoms with Gasteiger partial charge in [-0.25, -0.2) is 4.57 Å². The molecule has 2 aromatic carbocycles. The summed E-state index contributed by atoms with van der Waals surface area (Å²) in [5, 5.41) is 13.4. The van der Waals surface area contributed by atoms with E-state index in [1.54, 1.807) is 20.0 Å². The molecule has 0 aliphatic heterocycles. The second kappa shape index (κ2) is 13.6. The van der Waals surface area contributed by atoms with E-state index in [2.05, 4.69) is 10.3 Å². The molecule has 0 saturated heterocycles. The third-order valence-electron chi connectivity index (χ3n) is 5.60. The SMILES string of the molecule is CC(C)OP(=O)(O)OCCCCCNC(=O)Cc1cnc2c(CCO)cccc2c1-c1ccccc1. The lowest BCUT2D eigenvalue weighted by atomic mass is 9.93. The average Bonchev–Trinajstić information content (AvgIpc) is 2.83. The molecule has 1 amide bonds. The molecule has 3 aromatic rings. The van der Waals surface area contributed by atoms with E-state index < -0.39 is 7.82 Å². The van der Waals surface area contributed by atoms with Crippen molar-refractivity contribution in [2.75, 3.05) is 19.8 Å². The summed E-state index contributed by atoms with van der Waals surface area (Å²) < 4.78 is 21.5. The first kappa shape index (κ1) is 28.0. The monoisotopic (exact) mass is 514 g/mol. The van der Waals surface area contributed by atoms with Crippen LogP contribution in [-0.4, -0.2) is 46.8 Å². The molecule has 3 N–H and O–H groups in total. The van der Waals surface area contributed by atoms with Crippen molar-refractivity contribution in [3.05, 3.63) is 65.9 Å². The number of aromatic nitrogens is 1. The molecule has 0 spiro atoms. The minimum absolute atomic E-state index is 0.0444. The minimum Gasteiger partial charge on any atom is -0.396 e. The molecule has 1 atom stereocenters. The molecule has 1 unspecified atom stereocenters. The number of phosphoric acid groups is 1. The first-order valence-corrected chi connectivity index (χ1v) is 13.8. The first-order valence-electron chi connectivity index (χ1n) is 12.3. The topological polar surface area (TPSA) is 118 Å². The van der Waals surface area contributed by atoms with Gasteiger partial charge in [-0.15, -0.1) is 0 Å². The summed E-state index contributed by atoms with van der Waals surface area (Å²) in [5.74, 6) is -0.0960. The van der Waals surface area contributed by atoms with E-state index >= 15 is 0 Å². The average molecular weight is 515 g/mol. The molecular formula is C27H35N2O6P. The van der Waals surface area contributed by atoms with Crippen LogP contribution in [0.5, 0.6) is 0 Å². The van der Waals surface area contributed by atoms with Gasteiger partial charge in [-0.1, -0.05) is 48.5 Å². The van der Waals surface area contributed by atoms with Gasteiger partial charge in [0.1, 0.15) is 0 Å². The van der Waals surface area contributed by atoms with Crippen LogP contribution in [0, 0.1) is 0 Å². The molecular weight excluding hydrogens is 479 g/mol. The van der Waals surface area contributed by atoms with Crippen molar-refractivity contribution < 1.29 is 28.4 Å². The van der Waals surface area contributed by atoms with Gasteiger partial charge in [0.05, 0.1) is 24.6 Å². The first-order chi connectivity index (χ1) is 17.3. The number of nitrogens with zero attached hydrogens (tertiary/aromatic N) is 1. The van der Waals surface area contributed by atoms with Crippen LogP contribution >= 0.6 is 7.82 Å². The van der Waals surface area contributed by atoms with Crippen LogP contribution in [0.25, 0.3) is 22.0 Å². The Kier molecular flexibility index (Phi) is 10.6. The van der Waals surface area contributed by atoms with E-state index in [1.165, 1.54) is 0 Å². The number of carbonyl (C=O) groups excluding carboxylic acids is 1. The lowest BCUT2D eigenvalue weighted by molar-refractivity contribution is -0.120. The fourth-order valence-electron chi connectivity index (χ4n) is 4.07. The Morgan fingerprint density at radius 1 is 1.06 bits per heavy atom. The van der Waals surface area contributed by atoms with Crippen molar-refractivity contribution in [1.29, 1.82) is 0 Å². The quantitative estimate of drug-likeness (QED) is 0.209. The van der Waals surface area contributed by atoms with Crippen molar-refractivity contribution in [2.45, 2.75) is 52.1 Å². The van der Waals surface area contributed by atoms with E-state index in [4.69, 9.17) is 9.05 Å². The Balaban J connectivity index is 1.60. The molecule has 0 aliphatic rings. The summed E-state index contributed by atoms with van der Waals surface area (Å²) in [6.45, 7) is 4.00. The number of rotatable bonds is 14. The molecule has 9 heteroatoms. The Labute approximate surface area is 212 Å². The number of carbonyl (C=O) groups is 1. The van der Waals surface area contributed by atoms with Crippen molar-refractivity contribution >= 4 is 24.6 Å². The molecule has 1 aromatic heterocycles. The van der Waals surface area contributed by atoms with Gasteiger partial charge in [-0.3, -0.25) is 18.8 Å². The molecule has 0 fully saturated rings. The van der Waals surface area contributed by atoms with Gasteiger partial charge in [-0.05, 0) is 61.8 Å². The van der Waals surface area contributed by atoms with Gasteiger partial charge < -0.3 is 15.3 Å². The maximum atomic E-state index is 12.7. The summed E-state index contributed by atoms with van der Waals surface area (Å²) in [4.78, 5) is 26.9. The van der Waals surface area contributed by atoms with Crippen LogP contribution in [0.15, 0.2) is 54.7 Å². The highest BCUT2D eigenvalue weighted by Gasteiger charge is 2.22. The summed E-state index contributed by atoms with van der Waals surface area (Å²) in [6.07, 6.45) is 4.13. The molecule has 36 heavy (non-hydrogen) atoms. The van der Waals surface area contributed by atoms with Crippen LogP contribution in [0.2, 0.25) is 0 Å². The molecule has 3 rings (SSSR count). The number of amides is 1. The third kappa shape index (κ3) is 8.22. The van der Waals surface area contributed by atoms with Gasteiger partial charge in [0.2, 0.25) is 5.91 Å². The van der Waals surface area contributed by atoms with E-state index in [0.29, 0.717) is 19.4 Å². The number of fused-ring (bicyclic) bond motifs is 1. The molecule has 0 bridgehead atoms. The fourth-order valence-corrected chi connectivity index (χ4v) is 5.02. The van der Waals surface area contributed by atoms with Gasteiger partial charge in [0.15, 0.2) is 0 Å². The summed E-state index contributed by atoms with van der Waals surface area (Å²) >= 11 is 0.